The van der Waals surface area contributed by atoms with Gasteiger partial charge in [0.25, 0.3) is 5.91 Å². The second-order valence-corrected chi connectivity index (χ2v) is 11.1. The van der Waals surface area contributed by atoms with Crippen LogP contribution in [0.2, 0.25) is 0 Å². The number of ether oxygens (including phenoxy) is 2. The molecule has 0 saturated carbocycles. The second-order valence-electron chi connectivity index (χ2n) is 8.04. The Bertz CT molecular complexity index is 1110. The number of aryl methyl sites for hydroxylation is 1. The number of methoxy groups -OCH3 is 2. The summed E-state index contributed by atoms with van der Waals surface area (Å²) in [5.41, 5.74) is 1.91. The first-order valence-electron chi connectivity index (χ1n) is 10.8. The quantitative estimate of drug-likeness (QED) is 0.546. The molecule has 0 fully saturated rings. The molecule has 3 rings (SSSR count). The Balaban J connectivity index is 1.77. The van der Waals surface area contributed by atoms with E-state index >= 15 is 0 Å². The average Bonchev–Trinajstić information content (AvgIpc) is 3.14. The fourth-order valence-electron chi connectivity index (χ4n) is 3.81. The van der Waals surface area contributed by atoms with Crippen molar-refractivity contribution in [2.45, 2.75) is 31.1 Å². The van der Waals surface area contributed by atoms with Gasteiger partial charge < -0.3 is 14.8 Å². The molecule has 0 radical (unpaired) electrons. The van der Waals surface area contributed by atoms with E-state index in [2.05, 4.69) is 18.3 Å². The monoisotopic (exact) mass is 491 g/mol. The Morgan fingerprint density at radius 3 is 2.42 bits per heavy atom. The molecule has 178 valence electrons. The Morgan fingerprint density at radius 1 is 1.21 bits per heavy atom. The highest BCUT2D eigenvalue weighted by Crippen LogP contribution is 2.39. The Hall–Kier alpha value is -2.29. The van der Waals surface area contributed by atoms with Gasteiger partial charge in [0.05, 0.1) is 23.7 Å². The second kappa shape index (κ2) is 11.2. The van der Waals surface area contributed by atoms with Crippen LogP contribution >= 0.6 is 11.3 Å². The van der Waals surface area contributed by atoms with Gasteiger partial charge in [-0.3, -0.25) is 4.79 Å². The summed E-state index contributed by atoms with van der Waals surface area (Å²) in [6.07, 6.45) is 2.84. The minimum Gasteiger partial charge on any atom is -0.383 e. The summed E-state index contributed by atoms with van der Waals surface area (Å²) in [5.74, 6) is 0.141. The van der Waals surface area contributed by atoms with Gasteiger partial charge in [-0.2, -0.15) is 9.57 Å². The number of amides is 1. The maximum atomic E-state index is 13.0. The lowest BCUT2D eigenvalue weighted by atomic mass is 9.88. The molecule has 10 heteroatoms. The number of rotatable bonds is 10. The number of fused-ring (bicyclic) bond motifs is 1. The molecule has 0 bridgehead atoms. The van der Waals surface area contributed by atoms with Crippen molar-refractivity contribution in [2.24, 2.45) is 5.92 Å². The van der Waals surface area contributed by atoms with Crippen molar-refractivity contribution in [1.29, 1.82) is 5.26 Å². The van der Waals surface area contributed by atoms with Crippen molar-refractivity contribution >= 4 is 32.3 Å². The highest BCUT2D eigenvalue weighted by atomic mass is 32.2. The van der Waals surface area contributed by atoms with Crippen molar-refractivity contribution < 1.29 is 22.7 Å². The highest BCUT2D eigenvalue weighted by molar-refractivity contribution is 7.89. The smallest absolute Gasteiger partial charge is 0.256 e. The fraction of sp³-hybridized carbons (Fsp3) is 0.478. The van der Waals surface area contributed by atoms with Crippen LogP contribution in [-0.2, 0) is 32.3 Å². The molecule has 2 aromatic rings. The average molecular weight is 492 g/mol. The first-order chi connectivity index (χ1) is 15.8. The molecule has 8 nitrogen and oxygen atoms in total. The number of hydrogen-bond donors (Lipinski definition) is 1. The van der Waals surface area contributed by atoms with Gasteiger partial charge in [0, 0.05) is 37.7 Å². The Morgan fingerprint density at radius 2 is 1.85 bits per heavy atom. The normalized spacial score (nSPS) is 15.8. The highest BCUT2D eigenvalue weighted by Gasteiger charge is 2.26. The number of sulfonamides is 1. The van der Waals surface area contributed by atoms with Crippen molar-refractivity contribution in [3.05, 3.63) is 45.8 Å². The molecule has 1 heterocycles. The van der Waals surface area contributed by atoms with E-state index in [1.54, 1.807) is 0 Å². The van der Waals surface area contributed by atoms with Crippen molar-refractivity contribution in [1.82, 2.24) is 4.31 Å². The Kier molecular flexibility index (Phi) is 8.62. The maximum Gasteiger partial charge on any atom is 0.256 e. The van der Waals surface area contributed by atoms with Crippen LogP contribution in [0, 0.1) is 17.2 Å². The lowest BCUT2D eigenvalue weighted by Gasteiger charge is -2.21. The molecular formula is C23H29N3O5S2. The molecule has 0 saturated heterocycles. The summed E-state index contributed by atoms with van der Waals surface area (Å²) in [5, 5.41) is 13.1. The van der Waals surface area contributed by atoms with Gasteiger partial charge in [-0.25, -0.2) is 8.42 Å². The number of nitrogens with zero attached hydrogens (tertiary/aromatic N) is 2. The zero-order chi connectivity index (χ0) is 24.0. The standard InChI is InChI=1S/C23H29N3O5S2/c1-16-4-9-21-19(14-16)20(15-24)23(32-21)25-22(27)17-5-7-18(8-6-17)33(28,29)26(10-12-30-2)11-13-31-3/h5-8,16H,4,9-14H2,1-3H3,(H,25,27). The van der Waals surface area contributed by atoms with E-state index in [1.807, 2.05) is 0 Å². The molecule has 0 aliphatic heterocycles. The Labute approximate surface area is 199 Å². The largest absolute Gasteiger partial charge is 0.383 e. The molecule has 1 atom stereocenters. The summed E-state index contributed by atoms with van der Waals surface area (Å²) >= 11 is 1.46. The number of nitrogens with one attached hydrogen (secondary N) is 1. The molecule has 1 aromatic heterocycles. The van der Waals surface area contributed by atoms with Gasteiger partial charge >= 0.3 is 0 Å². The molecule has 1 aliphatic carbocycles. The first kappa shape index (κ1) is 25.3. The van der Waals surface area contributed by atoms with Gasteiger partial charge in [0.15, 0.2) is 0 Å². The number of anilines is 1. The number of benzene rings is 1. The van der Waals surface area contributed by atoms with Gasteiger partial charge in [-0.15, -0.1) is 11.3 Å². The lowest BCUT2D eigenvalue weighted by molar-refractivity contribution is 0.102. The summed E-state index contributed by atoms with van der Waals surface area (Å²) in [4.78, 5) is 14.1. The van der Waals surface area contributed by atoms with E-state index < -0.39 is 10.0 Å². The third-order valence-corrected chi connectivity index (χ3v) is 8.81. The van der Waals surface area contributed by atoms with Crippen LogP contribution in [0.5, 0.6) is 0 Å². The van der Waals surface area contributed by atoms with Crippen LogP contribution in [0.4, 0.5) is 5.00 Å². The van der Waals surface area contributed by atoms with Crippen molar-refractivity contribution in [2.75, 3.05) is 45.8 Å². The molecule has 1 aromatic carbocycles. The van der Waals surface area contributed by atoms with E-state index in [0.29, 0.717) is 22.0 Å². The number of carbonyl (C=O) groups excluding carboxylic acids is 1. The molecule has 0 spiro atoms. The van der Waals surface area contributed by atoms with E-state index in [4.69, 9.17) is 9.47 Å². The summed E-state index contributed by atoms with van der Waals surface area (Å²) in [6, 6.07) is 8.05. The molecule has 1 amide bonds. The molecular weight excluding hydrogens is 462 g/mol. The van der Waals surface area contributed by atoms with Gasteiger partial charge in [-0.05, 0) is 55.0 Å². The van der Waals surface area contributed by atoms with Crippen molar-refractivity contribution in [3.63, 3.8) is 0 Å². The predicted octanol–water partition coefficient (Wildman–Crippen LogP) is 3.28. The van der Waals surface area contributed by atoms with E-state index in [-0.39, 0.29) is 37.1 Å². The minimum absolute atomic E-state index is 0.0875. The van der Waals surface area contributed by atoms with Crippen LogP contribution in [0.25, 0.3) is 0 Å². The summed E-state index contributed by atoms with van der Waals surface area (Å²) in [6.45, 7) is 3.08. The summed E-state index contributed by atoms with van der Waals surface area (Å²) in [7, 11) is -0.743. The van der Waals surface area contributed by atoms with Crippen LogP contribution in [0.15, 0.2) is 29.2 Å². The zero-order valence-corrected chi connectivity index (χ0v) is 20.7. The zero-order valence-electron chi connectivity index (χ0n) is 19.1. The first-order valence-corrected chi connectivity index (χ1v) is 13.0. The minimum atomic E-state index is -3.76. The lowest BCUT2D eigenvalue weighted by Crippen LogP contribution is -2.36. The fourth-order valence-corrected chi connectivity index (χ4v) is 6.40. The van der Waals surface area contributed by atoms with Crippen LogP contribution in [-0.4, -0.2) is 59.2 Å². The molecule has 1 unspecified atom stereocenters. The van der Waals surface area contributed by atoms with Gasteiger partial charge in [0.2, 0.25) is 10.0 Å². The molecule has 33 heavy (non-hydrogen) atoms. The predicted molar refractivity (Wildman–Crippen MR) is 127 cm³/mol. The molecule has 1 N–H and O–H groups in total. The van der Waals surface area contributed by atoms with Crippen molar-refractivity contribution in [3.8, 4) is 6.07 Å². The van der Waals surface area contributed by atoms with Gasteiger partial charge in [-0.1, -0.05) is 6.92 Å². The van der Waals surface area contributed by atoms with E-state index in [9.17, 15) is 18.5 Å². The third kappa shape index (κ3) is 5.80. The maximum absolute atomic E-state index is 13.0. The number of thiophene rings is 1. The number of carbonyl (C=O) groups is 1. The van der Waals surface area contributed by atoms with E-state index in [1.165, 1.54) is 54.1 Å². The van der Waals surface area contributed by atoms with Crippen LogP contribution in [0.1, 0.15) is 39.7 Å². The van der Waals surface area contributed by atoms with Crippen LogP contribution < -0.4 is 5.32 Å². The number of hydrogen-bond acceptors (Lipinski definition) is 7. The SMILES string of the molecule is COCCN(CCOC)S(=O)(=O)c1ccc(C(=O)Nc2sc3c(c2C#N)CC(C)CC3)cc1. The number of nitriles is 1. The summed E-state index contributed by atoms with van der Waals surface area (Å²) < 4.78 is 37.4. The topological polar surface area (TPSA) is 109 Å². The van der Waals surface area contributed by atoms with E-state index in [0.717, 1.165) is 29.7 Å². The molecule has 1 aliphatic rings. The third-order valence-electron chi connectivity index (χ3n) is 5.69. The van der Waals surface area contributed by atoms with Gasteiger partial charge in [0.1, 0.15) is 11.1 Å². The van der Waals surface area contributed by atoms with Crippen LogP contribution in [0.3, 0.4) is 0 Å².